The van der Waals surface area contributed by atoms with Crippen LogP contribution in [0.5, 0.6) is 11.5 Å². The minimum absolute atomic E-state index is 0.00125. The molecule has 2 N–H and O–H groups in total. The summed E-state index contributed by atoms with van der Waals surface area (Å²) in [5, 5.41) is 18.7. The molecule has 83 heavy (non-hydrogen) atoms. The van der Waals surface area contributed by atoms with Gasteiger partial charge in [-0.1, -0.05) is 212 Å². The number of carbonyl (C=O) groups is 6. The van der Waals surface area contributed by atoms with Crippen molar-refractivity contribution in [3.05, 3.63) is 205 Å². The lowest BCUT2D eigenvalue weighted by Crippen LogP contribution is -2.25. The third-order valence-electron chi connectivity index (χ3n) is 12.4. The molecule has 0 heterocycles. The molecule has 2 unspecified atom stereocenters. The van der Waals surface area contributed by atoms with Crippen molar-refractivity contribution < 1.29 is 48.5 Å². The third-order valence-corrected chi connectivity index (χ3v) is 12.4. The van der Waals surface area contributed by atoms with E-state index in [0.717, 1.165) is 89.9 Å². The summed E-state index contributed by atoms with van der Waals surface area (Å²) < 4.78 is 10.8. The molecule has 2 aromatic rings. The number of carboxylic acid groups (broad SMARTS) is 2. The molecule has 0 saturated carbocycles. The van der Waals surface area contributed by atoms with Crippen LogP contribution in [0.25, 0.3) is 0 Å². The molecule has 0 aliphatic carbocycles. The Balaban J connectivity index is 0.000000830. The fraction of sp³-hybridized carbons (Fsp3) is 0.425. The lowest BCUT2D eigenvalue weighted by molar-refractivity contribution is -0.142. The van der Waals surface area contributed by atoms with Gasteiger partial charge < -0.3 is 19.7 Å². The molecule has 0 radical (unpaired) electrons. The number of aromatic carboxylic acids is 2. The summed E-state index contributed by atoms with van der Waals surface area (Å²) in [6.45, 7) is 12.2. The van der Waals surface area contributed by atoms with Crippen LogP contribution in [-0.2, 0) is 19.2 Å². The number of ether oxygens (including phenoxy) is 2. The van der Waals surface area contributed by atoms with Crippen molar-refractivity contribution in [2.45, 2.75) is 176 Å². The standard InChI is InChI=1S/C37H50O5.C36H48O5/c1-4-5-6-7-8-9-10-11-12-13-14-15-16-17-18-19-20-21-22-23-26-33(38)30-32(29-31(2)3)37(41)42-35-28-25-24-27-34(35)36(39)40;1-4-5-6-7-8-9-10-11-12-13-14-15-16-17-18-19-20-21-22-25-32(37)29-31(28-30(2)3)36(40)41-34-27-24-23-26-33(34)35(38)39/h5-6,8-9,11-12,14-15,17-18,20-21,24-25,27-28,31-32H,4,7,10,13,16,19,22-23,26,29-30H2,1-3H3,(H,39,40);5-6,8-9,11-12,14-15,17-18,20-21,23-24,26-27,30-31H,4,7,10,13,16,19,22,25,28-29H2,1-3H3,(H,38,39)/b2*6-5-,9-8-,12-11-,15-14-,18-17-,21-20-. The van der Waals surface area contributed by atoms with E-state index in [2.05, 4.69) is 148 Å². The Morgan fingerprint density at radius 1 is 0.386 bits per heavy atom. The van der Waals surface area contributed by atoms with E-state index in [1.54, 1.807) is 24.3 Å². The van der Waals surface area contributed by atoms with Crippen molar-refractivity contribution in [2.75, 3.05) is 0 Å². The first-order valence-electron chi connectivity index (χ1n) is 30.1. The molecule has 0 aromatic heterocycles. The molecule has 0 amide bonds. The van der Waals surface area contributed by atoms with E-state index >= 15 is 0 Å². The zero-order valence-electron chi connectivity index (χ0n) is 50.8. The molecule has 0 aliphatic heterocycles. The number of hydrogen-bond donors (Lipinski definition) is 2. The zero-order chi connectivity index (χ0) is 61.0. The number of para-hydroxylation sites is 2. The highest BCUT2D eigenvalue weighted by atomic mass is 16.5. The van der Waals surface area contributed by atoms with Crippen molar-refractivity contribution in [3.63, 3.8) is 0 Å². The molecule has 0 fully saturated rings. The number of hydrogen-bond acceptors (Lipinski definition) is 8. The predicted molar refractivity (Wildman–Crippen MR) is 343 cm³/mol. The second-order valence-corrected chi connectivity index (χ2v) is 20.8. The topological polar surface area (TPSA) is 161 Å². The zero-order valence-corrected chi connectivity index (χ0v) is 50.8. The van der Waals surface area contributed by atoms with Crippen LogP contribution in [0, 0.1) is 23.7 Å². The number of rotatable bonds is 43. The number of ketones is 2. The highest BCUT2D eigenvalue weighted by Gasteiger charge is 2.27. The fourth-order valence-corrected chi connectivity index (χ4v) is 8.21. The van der Waals surface area contributed by atoms with Gasteiger partial charge in [-0.05, 0) is 145 Å². The second-order valence-electron chi connectivity index (χ2n) is 20.8. The van der Waals surface area contributed by atoms with Gasteiger partial charge in [0.1, 0.15) is 34.2 Å². The van der Waals surface area contributed by atoms with Crippen LogP contribution < -0.4 is 9.47 Å². The Labute approximate surface area is 498 Å². The maximum atomic E-state index is 12.8. The number of Topliss-reactive ketones (excluding diaryl/α,β-unsaturated/α-hetero) is 2. The smallest absolute Gasteiger partial charge is 0.339 e. The van der Waals surface area contributed by atoms with Gasteiger partial charge in [0.05, 0.1) is 11.8 Å². The van der Waals surface area contributed by atoms with Gasteiger partial charge in [0.15, 0.2) is 0 Å². The van der Waals surface area contributed by atoms with Crippen LogP contribution in [0.15, 0.2) is 194 Å². The molecule has 0 aliphatic rings. The molecule has 0 bridgehead atoms. The normalized spacial score (nSPS) is 13.2. The van der Waals surface area contributed by atoms with E-state index in [1.165, 1.54) is 24.3 Å². The first-order valence-corrected chi connectivity index (χ1v) is 30.1. The summed E-state index contributed by atoms with van der Waals surface area (Å²) in [5.74, 6) is -4.21. The summed E-state index contributed by atoms with van der Waals surface area (Å²) in [5.41, 5.74) is -0.148. The summed E-state index contributed by atoms with van der Waals surface area (Å²) in [4.78, 5) is 73.6. The molecule has 10 heteroatoms. The molecule has 2 aromatic carbocycles. The first-order chi connectivity index (χ1) is 40.2. The number of esters is 2. The van der Waals surface area contributed by atoms with Crippen molar-refractivity contribution in [1.29, 1.82) is 0 Å². The monoisotopic (exact) mass is 1130 g/mol. The summed E-state index contributed by atoms with van der Waals surface area (Å²) in [7, 11) is 0. The number of carbonyl (C=O) groups excluding carboxylic acids is 4. The van der Waals surface area contributed by atoms with Gasteiger partial charge in [0, 0.05) is 25.7 Å². The third kappa shape index (κ3) is 41.2. The molecule has 450 valence electrons. The summed E-state index contributed by atoms with van der Waals surface area (Å²) in [6, 6.07) is 12.1. The maximum absolute atomic E-state index is 12.8. The quantitative estimate of drug-likeness (QED) is 0.0283. The van der Waals surface area contributed by atoms with Crippen molar-refractivity contribution in [1.82, 2.24) is 0 Å². The Morgan fingerprint density at radius 2 is 0.663 bits per heavy atom. The average molecular weight is 1140 g/mol. The van der Waals surface area contributed by atoms with Crippen LogP contribution in [0.1, 0.15) is 197 Å². The highest BCUT2D eigenvalue weighted by Crippen LogP contribution is 2.26. The highest BCUT2D eigenvalue weighted by molar-refractivity contribution is 5.93. The molecular formula is C73H98O10. The average Bonchev–Trinajstić information content (AvgIpc) is 3.57. The SMILES string of the molecule is CC/C=C\C/C=C\C/C=C\C/C=C\C/C=C\C/C=C\CCC(=O)CC(CC(C)C)C(=O)Oc1ccccc1C(=O)O.CC/C=C\C/C=C\C/C=C\C/C=C\C/C=C\C/C=C\CCCC(=O)CC(CC(C)C)C(=O)Oc1ccccc1C(=O)O. The molecule has 0 spiro atoms. The van der Waals surface area contributed by atoms with Crippen molar-refractivity contribution in [2.24, 2.45) is 23.7 Å². The van der Waals surface area contributed by atoms with Gasteiger partial charge in [-0.2, -0.15) is 0 Å². The fourth-order valence-electron chi connectivity index (χ4n) is 8.21. The van der Waals surface area contributed by atoms with Crippen molar-refractivity contribution >= 4 is 35.4 Å². The van der Waals surface area contributed by atoms with Crippen LogP contribution in [0.2, 0.25) is 0 Å². The predicted octanol–water partition coefficient (Wildman–Crippen LogP) is 19.2. The van der Waals surface area contributed by atoms with E-state index in [9.17, 15) is 39.0 Å². The molecule has 10 nitrogen and oxygen atoms in total. The largest absolute Gasteiger partial charge is 0.478 e. The van der Waals surface area contributed by atoms with E-state index in [0.29, 0.717) is 32.1 Å². The molecule has 0 saturated heterocycles. The van der Waals surface area contributed by atoms with Gasteiger partial charge >= 0.3 is 23.9 Å². The summed E-state index contributed by atoms with van der Waals surface area (Å²) in [6.07, 6.45) is 67.4. The van der Waals surface area contributed by atoms with Crippen molar-refractivity contribution in [3.8, 4) is 11.5 Å². The first kappa shape index (κ1) is 73.6. The van der Waals surface area contributed by atoms with Gasteiger partial charge in [0.25, 0.3) is 0 Å². The lowest BCUT2D eigenvalue weighted by Gasteiger charge is -2.18. The maximum Gasteiger partial charge on any atom is 0.339 e. The lowest BCUT2D eigenvalue weighted by atomic mass is 9.91. The minimum Gasteiger partial charge on any atom is -0.478 e. The van der Waals surface area contributed by atoms with Crippen LogP contribution in [-0.4, -0.2) is 45.7 Å². The number of unbranched alkanes of at least 4 members (excludes halogenated alkanes) is 1. The van der Waals surface area contributed by atoms with Gasteiger partial charge in [-0.25, -0.2) is 9.59 Å². The Bertz CT molecular complexity index is 2530. The Hall–Kier alpha value is -7.46. The Morgan fingerprint density at radius 3 is 0.964 bits per heavy atom. The van der Waals surface area contributed by atoms with E-state index in [4.69, 9.17) is 9.47 Å². The van der Waals surface area contributed by atoms with E-state index in [-0.39, 0.29) is 58.9 Å². The van der Waals surface area contributed by atoms with Gasteiger partial charge in [-0.3, -0.25) is 19.2 Å². The number of carboxylic acids is 2. The second kappa shape index (κ2) is 50.3. The minimum atomic E-state index is -1.17. The van der Waals surface area contributed by atoms with Crippen LogP contribution >= 0.6 is 0 Å². The van der Waals surface area contributed by atoms with E-state index in [1.807, 2.05) is 39.8 Å². The van der Waals surface area contributed by atoms with Gasteiger partial charge in [0.2, 0.25) is 0 Å². The number of allylic oxidation sites excluding steroid dienone is 24. The van der Waals surface area contributed by atoms with E-state index < -0.39 is 35.7 Å². The van der Waals surface area contributed by atoms with Crippen LogP contribution in [0.4, 0.5) is 0 Å². The number of benzene rings is 2. The molecule has 2 atom stereocenters. The van der Waals surface area contributed by atoms with Crippen LogP contribution in [0.3, 0.4) is 0 Å². The molecule has 2 rings (SSSR count). The van der Waals surface area contributed by atoms with Gasteiger partial charge in [-0.15, -0.1) is 0 Å². The molecular weight excluding hydrogens is 1040 g/mol. The summed E-state index contributed by atoms with van der Waals surface area (Å²) >= 11 is 0. The Kier molecular flexibility index (Phi) is 44.6.